The molecule has 33 heavy (non-hydrogen) atoms. The first-order chi connectivity index (χ1) is 16.2. The van der Waals surface area contributed by atoms with Gasteiger partial charge in [-0.05, 0) is 65.4 Å². The van der Waals surface area contributed by atoms with Gasteiger partial charge < -0.3 is 10.1 Å². The maximum absolute atomic E-state index is 6.22. The topological polar surface area (TPSA) is 64.9 Å². The van der Waals surface area contributed by atoms with Gasteiger partial charge in [-0.15, -0.1) is 5.10 Å². The van der Waals surface area contributed by atoms with Crippen LogP contribution in [0.1, 0.15) is 17.5 Å². The van der Waals surface area contributed by atoms with Crippen LogP contribution in [0, 0.1) is 0 Å². The smallest absolute Gasteiger partial charge is 0.214 e. The maximum Gasteiger partial charge on any atom is 0.214 e. The van der Waals surface area contributed by atoms with Crippen LogP contribution in [0.15, 0.2) is 78.0 Å². The molecule has 0 radical (unpaired) electrons. The van der Waals surface area contributed by atoms with Crippen LogP contribution in [-0.2, 0) is 13.2 Å². The van der Waals surface area contributed by atoms with E-state index in [4.69, 9.17) is 27.9 Å². The predicted molar refractivity (Wildman–Crippen MR) is 133 cm³/mol. The third kappa shape index (κ3) is 6.95. The maximum atomic E-state index is 6.22. The van der Waals surface area contributed by atoms with Crippen molar-refractivity contribution in [2.24, 2.45) is 0 Å². The molecule has 4 aromatic rings. The second kappa shape index (κ2) is 12.0. The highest BCUT2D eigenvalue weighted by molar-refractivity contribution is 7.99. The summed E-state index contributed by atoms with van der Waals surface area (Å²) in [4.78, 5) is 0. The molecule has 1 aromatic heterocycles. The fourth-order valence-electron chi connectivity index (χ4n) is 3.14. The number of nitrogens with zero attached hydrogens (tertiary/aromatic N) is 4. The molecule has 0 amide bonds. The van der Waals surface area contributed by atoms with E-state index in [-0.39, 0.29) is 0 Å². The zero-order chi connectivity index (χ0) is 22.9. The van der Waals surface area contributed by atoms with E-state index in [0.717, 1.165) is 53.0 Å². The van der Waals surface area contributed by atoms with E-state index < -0.39 is 0 Å². The minimum absolute atomic E-state index is 0.395. The molecule has 6 nitrogen and oxygen atoms in total. The SMILES string of the molecule is Clc1ccc(COc2cccc(CNCCCSc3nnnn3-c3ccccc3)c2)c(Cl)c1. The fourth-order valence-corrected chi connectivity index (χ4v) is 4.43. The van der Waals surface area contributed by atoms with E-state index in [2.05, 4.69) is 26.9 Å². The minimum Gasteiger partial charge on any atom is -0.489 e. The van der Waals surface area contributed by atoms with Crippen molar-refractivity contribution >= 4 is 35.0 Å². The lowest BCUT2D eigenvalue weighted by atomic mass is 10.2. The molecule has 0 saturated carbocycles. The zero-order valence-corrected chi connectivity index (χ0v) is 20.2. The van der Waals surface area contributed by atoms with Gasteiger partial charge in [0.2, 0.25) is 5.16 Å². The summed E-state index contributed by atoms with van der Waals surface area (Å²) in [5.74, 6) is 1.73. The van der Waals surface area contributed by atoms with Gasteiger partial charge in [-0.3, -0.25) is 0 Å². The summed E-state index contributed by atoms with van der Waals surface area (Å²) in [6.07, 6.45) is 0.998. The van der Waals surface area contributed by atoms with Crippen molar-refractivity contribution in [3.8, 4) is 11.4 Å². The highest BCUT2D eigenvalue weighted by Gasteiger charge is 2.08. The van der Waals surface area contributed by atoms with Gasteiger partial charge in [0.25, 0.3) is 0 Å². The average molecular weight is 500 g/mol. The monoisotopic (exact) mass is 499 g/mol. The largest absolute Gasteiger partial charge is 0.489 e. The molecule has 170 valence electrons. The number of hydrogen-bond donors (Lipinski definition) is 1. The van der Waals surface area contributed by atoms with Gasteiger partial charge in [0.1, 0.15) is 12.4 Å². The van der Waals surface area contributed by atoms with Crippen molar-refractivity contribution in [2.45, 2.75) is 24.7 Å². The quantitative estimate of drug-likeness (QED) is 0.207. The molecule has 1 heterocycles. The number of hydrogen-bond acceptors (Lipinski definition) is 6. The minimum atomic E-state index is 0.395. The first-order valence-corrected chi connectivity index (χ1v) is 12.3. The fraction of sp³-hybridized carbons (Fsp3) is 0.208. The van der Waals surface area contributed by atoms with Crippen molar-refractivity contribution in [3.63, 3.8) is 0 Å². The second-order valence-electron chi connectivity index (χ2n) is 7.26. The molecule has 3 aromatic carbocycles. The van der Waals surface area contributed by atoms with E-state index >= 15 is 0 Å². The zero-order valence-electron chi connectivity index (χ0n) is 17.8. The number of tetrazole rings is 1. The predicted octanol–water partition coefficient (Wildman–Crippen LogP) is 5.82. The van der Waals surface area contributed by atoms with E-state index in [1.54, 1.807) is 22.5 Å². The van der Waals surface area contributed by atoms with Gasteiger partial charge in [-0.2, -0.15) is 4.68 Å². The molecule has 0 spiro atoms. The van der Waals surface area contributed by atoms with Gasteiger partial charge in [0, 0.05) is 27.9 Å². The number of rotatable bonds is 11. The van der Waals surface area contributed by atoms with Gasteiger partial charge >= 0.3 is 0 Å². The van der Waals surface area contributed by atoms with Crippen LogP contribution < -0.4 is 10.1 Å². The number of halogens is 2. The van der Waals surface area contributed by atoms with Gasteiger partial charge in [-0.1, -0.05) is 71.4 Å². The van der Waals surface area contributed by atoms with Crippen molar-refractivity contribution in [1.82, 2.24) is 25.5 Å². The lowest BCUT2D eigenvalue weighted by Crippen LogP contribution is -2.15. The van der Waals surface area contributed by atoms with E-state index in [9.17, 15) is 0 Å². The van der Waals surface area contributed by atoms with Gasteiger partial charge in [-0.25, -0.2) is 0 Å². The molecule has 0 aliphatic rings. The lowest BCUT2D eigenvalue weighted by molar-refractivity contribution is 0.306. The van der Waals surface area contributed by atoms with Crippen LogP contribution in [0.2, 0.25) is 10.0 Å². The van der Waals surface area contributed by atoms with Crippen molar-refractivity contribution in [2.75, 3.05) is 12.3 Å². The van der Waals surface area contributed by atoms with E-state index in [1.165, 1.54) is 0 Å². The number of nitrogens with one attached hydrogen (secondary N) is 1. The molecule has 0 unspecified atom stereocenters. The summed E-state index contributed by atoms with van der Waals surface area (Å²) in [7, 11) is 0. The Kier molecular flexibility index (Phi) is 8.60. The molecule has 0 aliphatic carbocycles. The Morgan fingerprint density at radius 3 is 2.70 bits per heavy atom. The summed E-state index contributed by atoms with van der Waals surface area (Å²) >= 11 is 13.8. The van der Waals surface area contributed by atoms with Crippen LogP contribution >= 0.6 is 35.0 Å². The Morgan fingerprint density at radius 1 is 0.970 bits per heavy atom. The molecule has 1 N–H and O–H groups in total. The highest BCUT2D eigenvalue weighted by atomic mass is 35.5. The Labute approximate surface area is 207 Å². The first-order valence-electron chi connectivity index (χ1n) is 10.5. The van der Waals surface area contributed by atoms with Crippen LogP contribution in [0.4, 0.5) is 0 Å². The molecular weight excluding hydrogens is 477 g/mol. The molecule has 4 rings (SSSR count). The van der Waals surface area contributed by atoms with Gasteiger partial charge in [0.05, 0.1) is 5.69 Å². The molecular formula is C24H23Cl2N5OS. The summed E-state index contributed by atoms with van der Waals surface area (Å²) in [5.41, 5.74) is 3.03. The standard InChI is InChI=1S/C24H23Cl2N5OS/c25-20-11-10-19(23(26)15-20)17-32-22-9-4-6-18(14-22)16-27-12-5-13-33-24-28-29-30-31(24)21-7-2-1-3-8-21/h1-4,6-11,14-15,27H,5,12-13,16-17H2. The molecule has 0 fully saturated rings. The first kappa shape index (κ1) is 23.6. The molecule has 0 atom stereocenters. The Morgan fingerprint density at radius 2 is 1.85 bits per heavy atom. The third-order valence-corrected chi connectivity index (χ3v) is 6.40. The van der Waals surface area contributed by atoms with Crippen LogP contribution in [0.5, 0.6) is 5.75 Å². The lowest BCUT2D eigenvalue weighted by Gasteiger charge is -2.10. The number of ether oxygens (including phenoxy) is 1. The summed E-state index contributed by atoms with van der Waals surface area (Å²) < 4.78 is 7.67. The highest BCUT2D eigenvalue weighted by Crippen LogP contribution is 2.23. The van der Waals surface area contributed by atoms with E-state index in [0.29, 0.717) is 16.7 Å². The number of aromatic nitrogens is 4. The molecule has 9 heteroatoms. The summed E-state index contributed by atoms with van der Waals surface area (Å²) in [6.45, 7) is 2.06. The summed E-state index contributed by atoms with van der Waals surface area (Å²) in [6, 6.07) is 23.4. The molecule has 0 aliphatic heterocycles. The molecule has 0 bridgehead atoms. The van der Waals surface area contributed by atoms with Crippen LogP contribution in [-0.4, -0.2) is 32.5 Å². The second-order valence-corrected chi connectivity index (χ2v) is 9.17. The number of para-hydroxylation sites is 1. The van der Waals surface area contributed by atoms with Crippen LogP contribution in [0.25, 0.3) is 5.69 Å². The normalized spacial score (nSPS) is 11.0. The van der Waals surface area contributed by atoms with Gasteiger partial charge in [0.15, 0.2) is 0 Å². The molecule has 0 saturated heterocycles. The van der Waals surface area contributed by atoms with Crippen molar-refractivity contribution in [3.05, 3.63) is 94.0 Å². The Bertz CT molecular complexity index is 1170. The van der Waals surface area contributed by atoms with E-state index in [1.807, 2.05) is 60.7 Å². The average Bonchev–Trinajstić information content (AvgIpc) is 3.30. The number of benzene rings is 3. The van der Waals surface area contributed by atoms with Crippen molar-refractivity contribution in [1.29, 1.82) is 0 Å². The van der Waals surface area contributed by atoms with Crippen LogP contribution in [0.3, 0.4) is 0 Å². The third-order valence-electron chi connectivity index (χ3n) is 4.81. The van der Waals surface area contributed by atoms with Crippen molar-refractivity contribution < 1.29 is 4.74 Å². The Hall–Kier alpha value is -2.58. The number of thioether (sulfide) groups is 1. The Balaban J connectivity index is 1.18. The summed E-state index contributed by atoms with van der Waals surface area (Å²) in [5, 5.41) is 17.5.